The summed E-state index contributed by atoms with van der Waals surface area (Å²) in [4.78, 5) is 22.6. The number of aliphatic carboxylic acids is 1. The van der Waals surface area contributed by atoms with Gasteiger partial charge in [-0.05, 0) is 25.2 Å². The minimum absolute atomic E-state index is 0.0995. The number of amides is 1. The van der Waals surface area contributed by atoms with Crippen molar-refractivity contribution >= 4 is 12.1 Å². The Morgan fingerprint density at radius 2 is 1.90 bits per heavy atom. The molecule has 1 rings (SSSR count). The number of hydrogen-bond acceptors (Lipinski definition) is 3. The van der Waals surface area contributed by atoms with Gasteiger partial charge >= 0.3 is 12.1 Å². The fourth-order valence-corrected chi connectivity index (χ4v) is 2.15. The Morgan fingerprint density at radius 1 is 1.35 bits per heavy atom. The van der Waals surface area contributed by atoms with Crippen LogP contribution < -0.4 is 5.32 Å². The average Bonchev–Trinajstić information content (AvgIpc) is 2.30. The zero-order valence-electron chi connectivity index (χ0n) is 11.7. The summed E-state index contributed by atoms with van der Waals surface area (Å²) >= 11 is 0. The van der Waals surface area contributed by atoms with Crippen molar-refractivity contribution in [3.8, 4) is 0 Å². The quantitative estimate of drug-likeness (QED) is 0.817. The highest BCUT2D eigenvalue weighted by molar-refractivity contribution is 5.79. The van der Waals surface area contributed by atoms with Gasteiger partial charge in [-0.3, -0.25) is 0 Å². The number of nitrogens with one attached hydrogen (secondary N) is 1. The summed E-state index contributed by atoms with van der Waals surface area (Å²) in [5, 5.41) is 11.2. The molecule has 1 fully saturated rings. The minimum Gasteiger partial charge on any atom is -0.480 e. The molecule has 20 heavy (non-hydrogen) atoms. The molecule has 1 amide bonds. The maximum atomic E-state index is 12.9. The van der Waals surface area contributed by atoms with Crippen molar-refractivity contribution < 1.29 is 28.2 Å². The largest absolute Gasteiger partial charge is 0.480 e. The van der Waals surface area contributed by atoms with Crippen molar-refractivity contribution in [3.63, 3.8) is 0 Å². The van der Waals surface area contributed by atoms with Crippen molar-refractivity contribution in [1.29, 1.82) is 0 Å². The van der Waals surface area contributed by atoms with Crippen LogP contribution in [0.4, 0.5) is 13.6 Å². The first-order chi connectivity index (χ1) is 9.19. The van der Waals surface area contributed by atoms with Crippen molar-refractivity contribution in [3.05, 3.63) is 0 Å². The molecule has 0 bridgehead atoms. The molecule has 116 valence electrons. The van der Waals surface area contributed by atoms with Crippen LogP contribution in [0.1, 0.15) is 46.0 Å². The van der Waals surface area contributed by atoms with Gasteiger partial charge in [0.15, 0.2) is 0 Å². The summed E-state index contributed by atoms with van der Waals surface area (Å²) in [6, 6.07) is -1.02. The summed E-state index contributed by atoms with van der Waals surface area (Å²) in [5.74, 6) is -3.71. The van der Waals surface area contributed by atoms with Crippen molar-refractivity contribution in [2.75, 3.05) is 0 Å². The van der Waals surface area contributed by atoms with Gasteiger partial charge in [-0.25, -0.2) is 18.4 Å². The van der Waals surface area contributed by atoms with E-state index in [0.29, 0.717) is 0 Å². The lowest BCUT2D eigenvalue weighted by atomic mass is 9.94. The Kier molecular flexibility index (Phi) is 5.71. The molecule has 0 radical (unpaired) electrons. The third-order valence-electron chi connectivity index (χ3n) is 3.24. The molecule has 1 aliphatic carbocycles. The number of carboxylic acids is 1. The molecule has 0 aromatic carbocycles. The van der Waals surface area contributed by atoms with Crippen LogP contribution >= 0.6 is 0 Å². The normalized spacial score (nSPS) is 20.4. The number of alkyl halides is 2. The van der Waals surface area contributed by atoms with Crippen LogP contribution in [0.2, 0.25) is 0 Å². The van der Waals surface area contributed by atoms with Gasteiger partial charge in [0.2, 0.25) is 5.92 Å². The molecule has 0 saturated heterocycles. The Balaban J connectivity index is 2.40. The number of carbonyl (C=O) groups is 2. The van der Waals surface area contributed by atoms with Crippen LogP contribution in [0.15, 0.2) is 0 Å². The van der Waals surface area contributed by atoms with Crippen LogP contribution in [0, 0.1) is 5.92 Å². The average molecular weight is 293 g/mol. The van der Waals surface area contributed by atoms with E-state index in [1.165, 1.54) is 0 Å². The van der Waals surface area contributed by atoms with E-state index in [1.807, 2.05) is 13.8 Å². The van der Waals surface area contributed by atoms with E-state index < -0.39 is 30.1 Å². The number of alkyl carbamates (subject to hydrolysis) is 1. The lowest BCUT2D eigenvalue weighted by Crippen LogP contribution is -2.43. The Hall–Kier alpha value is -1.40. The molecule has 0 spiro atoms. The van der Waals surface area contributed by atoms with E-state index in [0.717, 1.165) is 0 Å². The molecule has 0 aromatic rings. The minimum atomic E-state index is -2.68. The number of carboxylic acid groups (broad SMARTS) is 1. The summed E-state index contributed by atoms with van der Waals surface area (Å²) in [7, 11) is 0. The molecule has 2 N–H and O–H groups in total. The SMILES string of the molecule is CC(C)C[C@H](NC(=O)OC1CCC(F)(F)CC1)C(=O)O. The maximum Gasteiger partial charge on any atom is 0.408 e. The summed E-state index contributed by atoms with van der Waals surface area (Å²) in [6.07, 6.45) is -1.55. The predicted molar refractivity (Wildman–Crippen MR) is 67.7 cm³/mol. The lowest BCUT2D eigenvalue weighted by Gasteiger charge is -2.28. The van der Waals surface area contributed by atoms with E-state index in [1.54, 1.807) is 0 Å². The van der Waals surface area contributed by atoms with E-state index in [-0.39, 0.29) is 38.0 Å². The number of hydrogen-bond donors (Lipinski definition) is 2. The molecule has 0 aromatic heterocycles. The number of carbonyl (C=O) groups excluding carboxylic acids is 1. The highest BCUT2D eigenvalue weighted by atomic mass is 19.3. The topological polar surface area (TPSA) is 75.6 Å². The third kappa shape index (κ3) is 5.71. The van der Waals surface area contributed by atoms with Gasteiger partial charge < -0.3 is 15.2 Å². The second kappa shape index (κ2) is 6.85. The van der Waals surface area contributed by atoms with E-state index >= 15 is 0 Å². The summed E-state index contributed by atoms with van der Waals surface area (Å²) < 4.78 is 30.9. The van der Waals surface area contributed by atoms with E-state index in [9.17, 15) is 18.4 Å². The number of rotatable bonds is 5. The van der Waals surface area contributed by atoms with Crippen LogP contribution in [-0.4, -0.2) is 35.2 Å². The van der Waals surface area contributed by atoms with Crippen LogP contribution in [-0.2, 0) is 9.53 Å². The second-order valence-corrected chi connectivity index (χ2v) is 5.63. The van der Waals surface area contributed by atoms with Gasteiger partial charge in [0, 0.05) is 12.8 Å². The zero-order valence-corrected chi connectivity index (χ0v) is 11.7. The van der Waals surface area contributed by atoms with Crippen LogP contribution in [0.5, 0.6) is 0 Å². The smallest absolute Gasteiger partial charge is 0.408 e. The molecule has 5 nitrogen and oxygen atoms in total. The molecule has 0 aliphatic heterocycles. The fourth-order valence-electron chi connectivity index (χ4n) is 2.15. The molecule has 1 saturated carbocycles. The summed E-state index contributed by atoms with van der Waals surface area (Å²) in [5.41, 5.74) is 0. The van der Waals surface area contributed by atoms with Gasteiger partial charge in [-0.2, -0.15) is 0 Å². The Bertz CT molecular complexity index is 350. The monoisotopic (exact) mass is 293 g/mol. The van der Waals surface area contributed by atoms with Gasteiger partial charge in [0.1, 0.15) is 12.1 Å². The number of ether oxygens (including phenoxy) is 1. The Morgan fingerprint density at radius 3 is 2.35 bits per heavy atom. The Labute approximate surface area is 116 Å². The zero-order chi connectivity index (χ0) is 15.3. The molecule has 7 heteroatoms. The fraction of sp³-hybridized carbons (Fsp3) is 0.846. The molecular weight excluding hydrogens is 272 g/mol. The second-order valence-electron chi connectivity index (χ2n) is 5.63. The lowest BCUT2D eigenvalue weighted by molar-refractivity contribution is -0.139. The third-order valence-corrected chi connectivity index (χ3v) is 3.24. The standard InChI is InChI=1S/C13H21F2NO4/c1-8(2)7-10(11(17)18)16-12(19)20-9-3-5-13(14,15)6-4-9/h8-10H,3-7H2,1-2H3,(H,16,19)(H,17,18)/t10-/m0/s1. The van der Waals surface area contributed by atoms with E-state index in [2.05, 4.69) is 5.32 Å². The molecular formula is C13H21F2NO4. The predicted octanol–water partition coefficient (Wildman–Crippen LogP) is 2.79. The van der Waals surface area contributed by atoms with Gasteiger partial charge in [0.05, 0.1) is 0 Å². The molecule has 1 aliphatic rings. The van der Waals surface area contributed by atoms with Gasteiger partial charge in [-0.1, -0.05) is 13.8 Å². The molecule has 1 atom stereocenters. The highest BCUT2D eigenvalue weighted by Gasteiger charge is 2.36. The van der Waals surface area contributed by atoms with Crippen molar-refractivity contribution in [1.82, 2.24) is 5.32 Å². The first-order valence-electron chi connectivity index (χ1n) is 6.77. The molecule has 0 heterocycles. The highest BCUT2D eigenvalue weighted by Crippen LogP contribution is 2.34. The van der Waals surface area contributed by atoms with Gasteiger partial charge in [-0.15, -0.1) is 0 Å². The van der Waals surface area contributed by atoms with E-state index in [4.69, 9.17) is 9.84 Å². The molecule has 0 unspecified atom stereocenters. The van der Waals surface area contributed by atoms with Crippen LogP contribution in [0.3, 0.4) is 0 Å². The van der Waals surface area contributed by atoms with Crippen LogP contribution in [0.25, 0.3) is 0 Å². The maximum absolute atomic E-state index is 12.9. The number of halogens is 2. The first kappa shape index (κ1) is 16.7. The van der Waals surface area contributed by atoms with Crippen molar-refractivity contribution in [2.24, 2.45) is 5.92 Å². The summed E-state index contributed by atoms with van der Waals surface area (Å²) in [6.45, 7) is 3.68. The first-order valence-corrected chi connectivity index (χ1v) is 6.77. The van der Waals surface area contributed by atoms with Gasteiger partial charge in [0.25, 0.3) is 0 Å². The van der Waals surface area contributed by atoms with Crippen molar-refractivity contribution in [2.45, 2.75) is 64.0 Å².